The summed E-state index contributed by atoms with van der Waals surface area (Å²) in [6, 6.07) is 0. The largest absolute Gasteiger partial charge is 0.379 e. The first-order valence-corrected chi connectivity index (χ1v) is 5.26. The van der Waals surface area contributed by atoms with Gasteiger partial charge in [0.2, 0.25) is 0 Å². The van der Waals surface area contributed by atoms with E-state index in [4.69, 9.17) is 10.5 Å². The molecule has 0 amide bonds. The van der Waals surface area contributed by atoms with Gasteiger partial charge in [0.25, 0.3) is 0 Å². The Hall–Kier alpha value is -0.120. The summed E-state index contributed by atoms with van der Waals surface area (Å²) in [5, 5.41) is 0. The van der Waals surface area contributed by atoms with Gasteiger partial charge in [0.1, 0.15) is 0 Å². The third-order valence-corrected chi connectivity index (χ3v) is 3.50. The second-order valence-corrected chi connectivity index (χ2v) is 4.55. The van der Waals surface area contributed by atoms with E-state index in [0.717, 1.165) is 32.1 Å². The van der Waals surface area contributed by atoms with Gasteiger partial charge >= 0.3 is 0 Å². The molecule has 2 N–H and O–H groups in total. The molecule has 2 rings (SSSR count). The van der Waals surface area contributed by atoms with E-state index >= 15 is 0 Å². The summed E-state index contributed by atoms with van der Waals surface area (Å²) in [5.74, 6) is 0.939. The minimum atomic E-state index is 0.155. The maximum Gasteiger partial charge on any atom is 0.0663 e. The summed E-state index contributed by atoms with van der Waals surface area (Å²) in [6.07, 6.45) is 3.92. The number of likely N-dealkylation sites (N-methyl/N-ethyl adjacent to an activating group) is 1. The number of ether oxygens (including phenoxy) is 1. The van der Waals surface area contributed by atoms with E-state index in [1.54, 1.807) is 0 Å². The predicted octanol–water partition coefficient (Wildman–Crippen LogP) is 0.446. The standard InChI is InChI=1S/C10H20N2O/c1-12(6-9-2-3-9)10(7-11)4-5-13-8-10/h9H,2-8,11H2,1H3. The fourth-order valence-corrected chi connectivity index (χ4v) is 2.10. The van der Waals surface area contributed by atoms with Gasteiger partial charge < -0.3 is 10.5 Å². The van der Waals surface area contributed by atoms with Crippen molar-refractivity contribution in [3.8, 4) is 0 Å². The van der Waals surface area contributed by atoms with E-state index in [1.807, 2.05) is 0 Å². The van der Waals surface area contributed by atoms with Crippen LogP contribution in [-0.2, 0) is 4.74 Å². The molecule has 1 saturated carbocycles. The van der Waals surface area contributed by atoms with Gasteiger partial charge in [-0.3, -0.25) is 4.90 Å². The molecule has 1 heterocycles. The summed E-state index contributed by atoms with van der Waals surface area (Å²) in [7, 11) is 2.19. The highest BCUT2D eigenvalue weighted by molar-refractivity contribution is 4.95. The molecule has 0 bridgehead atoms. The van der Waals surface area contributed by atoms with E-state index in [0.29, 0.717) is 0 Å². The summed E-state index contributed by atoms with van der Waals surface area (Å²) in [6.45, 7) is 3.65. The lowest BCUT2D eigenvalue weighted by molar-refractivity contribution is 0.0901. The van der Waals surface area contributed by atoms with Crippen molar-refractivity contribution in [1.82, 2.24) is 4.90 Å². The summed E-state index contributed by atoms with van der Waals surface area (Å²) in [5.41, 5.74) is 6.00. The minimum Gasteiger partial charge on any atom is -0.379 e. The molecule has 0 aromatic rings. The maximum atomic E-state index is 5.84. The Balaban J connectivity index is 1.92. The van der Waals surface area contributed by atoms with Crippen LogP contribution in [0.5, 0.6) is 0 Å². The zero-order chi connectivity index (χ0) is 9.31. The fraction of sp³-hybridized carbons (Fsp3) is 1.00. The molecular formula is C10H20N2O. The lowest BCUT2D eigenvalue weighted by atomic mass is 9.96. The molecule has 1 aliphatic heterocycles. The van der Waals surface area contributed by atoms with Crippen molar-refractivity contribution < 1.29 is 4.74 Å². The van der Waals surface area contributed by atoms with E-state index in [-0.39, 0.29) is 5.54 Å². The smallest absolute Gasteiger partial charge is 0.0663 e. The quantitative estimate of drug-likeness (QED) is 0.689. The van der Waals surface area contributed by atoms with Gasteiger partial charge in [0, 0.05) is 19.7 Å². The number of nitrogens with two attached hydrogens (primary N) is 1. The molecule has 3 nitrogen and oxygen atoms in total. The summed E-state index contributed by atoms with van der Waals surface area (Å²) < 4.78 is 5.45. The molecule has 0 aromatic carbocycles. The molecular weight excluding hydrogens is 164 g/mol. The third kappa shape index (κ3) is 1.87. The zero-order valence-electron chi connectivity index (χ0n) is 8.46. The van der Waals surface area contributed by atoms with Gasteiger partial charge in [0.05, 0.1) is 12.1 Å². The molecule has 1 unspecified atom stereocenters. The lowest BCUT2D eigenvalue weighted by Gasteiger charge is -2.36. The van der Waals surface area contributed by atoms with Crippen LogP contribution in [0.25, 0.3) is 0 Å². The highest BCUT2D eigenvalue weighted by Crippen LogP contribution is 2.33. The van der Waals surface area contributed by atoms with Crippen LogP contribution in [0.3, 0.4) is 0 Å². The first-order chi connectivity index (χ1) is 6.27. The molecule has 2 aliphatic rings. The first kappa shape index (κ1) is 9.44. The number of nitrogens with zero attached hydrogens (tertiary/aromatic N) is 1. The topological polar surface area (TPSA) is 38.5 Å². The molecule has 0 aromatic heterocycles. The number of hydrogen-bond acceptors (Lipinski definition) is 3. The van der Waals surface area contributed by atoms with Crippen molar-refractivity contribution in [1.29, 1.82) is 0 Å². The Bertz CT molecular complexity index is 174. The maximum absolute atomic E-state index is 5.84. The van der Waals surface area contributed by atoms with Crippen LogP contribution in [0.4, 0.5) is 0 Å². The predicted molar refractivity (Wildman–Crippen MR) is 52.6 cm³/mol. The molecule has 3 heteroatoms. The second kappa shape index (κ2) is 3.56. The Morgan fingerprint density at radius 2 is 2.31 bits per heavy atom. The van der Waals surface area contributed by atoms with Crippen molar-refractivity contribution in [2.24, 2.45) is 11.7 Å². The Kier molecular flexibility index (Phi) is 2.58. The van der Waals surface area contributed by atoms with E-state index < -0.39 is 0 Å². The summed E-state index contributed by atoms with van der Waals surface area (Å²) in [4.78, 5) is 2.43. The monoisotopic (exact) mass is 184 g/mol. The van der Waals surface area contributed by atoms with Crippen LogP contribution in [-0.4, -0.2) is 43.8 Å². The molecule has 0 spiro atoms. The normalized spacial score (nSPS) is 34.4. The van der Waals surface area contributed by atoms with Crippen LogP contribution in [0.15, 0.2) is 0 Å². The van der Waals surface area contributed by atoms with E-state index in [9.17, 15) is 0 Å². The van der Waals surface area contributed by atoms with Crippen molar-refractivity contribution in [3.63, 3.8) is 0 Å². The van der Waals surface area contributed by atoms with Gasteiger partial charge in [-0.25, -0.2) is 0 Å². The molecule has 1 aliphatic carbocycles. The molecule has 1 saturated heterocycles. The van der Waals surface area contributed by atoms with Gasteiger partial charge in [-0.1, -0.05) is 0 Å². The number of rotatable bonds is 4. The highest BCUT2D eigenvalue weighted by Gasteiger charge is 2.39. The first-order valence-electron chi connectivity index (χ1n) is 5.26. The molecule has 13 heavy (non-hydrogen) atoms. The van der Waals surface area contributed by atoms with Gasteiger partial charge in [-0.15, -0.1) is 0 Å². The van der Waals surface area contributed by atoms with E-state index in [1.165, 1.54) is 19.4 Å². The average Bonchev–Trinajstić information content (AvgIpc) is 2.83. The van der Waals surface area contributed by atoms with Gasteiger partial charge in [-0.2, -0.15) is 0 Å². The molecule has 1 atom stereocenters. The van der Waals surface area contributed by atoms with Crippen LogP contribution in [0, 0.1) is 5.92 Å². The van der Waals surface area contributed by atoms with Crippen LogP contribution in [0.2, 0.25) is 0 Å². The highest BCUT2D eigenvalue weighted by atomic mass is 16.5. The van der Waals surface area contributed by atoms with Gasteiger partial charge in [0.15, 0.2) is 0 Å². The van der Waals surface area contributed by atoms with Crippen LogP contribution < -0.4 is 5.73 Å². The lowest BCUT2D eigenvalue weighted by Crippen LogP contribution is -2.53. The summed E-state index contributed by atoms with van der Waals surface area (Å²) >= 11 is 0. The molecule has 2 fully saturated rings. The van der Waals surface area contributed by atoms with E-state index in [2.05, 4.69) is 11.9 Å². The third-order valence-electron chi connectivity index (χ3n) is 3.50. The average molecular weight is 184 g/mol. The van der Waals surface area contributed by atoms with Gasteiger partial charge in [-0.05, 0) is 32.2 Å². The Labute approximate surface area is 80.2 Å². The Morgan fingerprint density at radius 1 is 1.54 bits per heavy atom. The molecule has 76 valence electrons. The Morgan fingerprint density at radius 3 is 2.77 bits per heavy atom. The fourth-order valence-electron chi connectivity index (χ4n) is 2.10. The second-order valence-electron chi connectivity index (χ2n) is 4.55. The van der Waals surface area contributed by atoms with Crippen molar-refractivity contribution in [2.45, 2.75) is 24.8 Å². The van der Waals surface area contributed by atoms with Crippen molar-refractivity contribution >= 4 is 0 Å². The van der Waals surface area contributed by atoms with Crippen molar-refractivity contribution in [2.75, 3.05) is 33.4 Å². The van der Waals surface area contributed by atoms with Crippen LogP contribution in [0.1, 0.15) is 19.3 Å². The number of hydrogen-bond donors (Lipinski definition) is 1. The SMILES string of the molecule is CN(CC1CC1)C1(CN)CCOC1. The minimum absolute atomic E-state index is 0.155. The van der Waals surface area contributed by atoms with Crippen molar-refractivity contribution in [3.05, 3.63) is 0 Å². The van der Waals surface area contributed by atoms with Crippen LogP contribution >= 0.6 is 0 Å². The zero-order valence-corrected chi connectivity index (χ0v) is 8.46. The molecule has 0 radical (unpaired) electrons.